The number of hydrogen-bond acceptors (Lipinski definition) is 1. The van der Waals surface area contributed by atoms with Crippen LogP contribution in [0.5, 0.6) is 0 Å². The molecular weight excluding hydrogens is 388 g/mol. The Balaban J connectivity index is 1.75. The van der Waals surface area contributed by atoms with Crippen LogP contribution in [-0.4, -0.2) is 9.97 Å². The van der Waals surface area contributed by atoms with Gasteiger partial charge in [0.15, 0.2) is 0 Å². The highest BCUT2D eigenvalue weighted by Gasteiger charge is 2.48. The predicted octanol–water partition coefficient (Wildman–Crippen LogP) is 7.08. The molecule has 1 atom stereocenters. The summed E-state index contributed by atoms with van der Waals surface area (Å²) < 4.78 is 0. The van der Waals surface area contributed by atoms with Crippen molar-refractivity contribution in [1.29, 1.82) is 0 Å². The van der Waals surface area contributed by atoms with Crippen molar-refractivity contribution >= 4 is 21.8 Å². The number of nitrogens with one attached hydrogen (secondary N) is 1. The Labute approximate surface area is 186 Å². The molecule has 1 aliphatic carbocycles. The van der Waals surface area contributed by atoms with Crippen LogP contribution in [0, 0.1) is 0 Å². The van der Waals surface area contributed by atoms with Crippen molar-refractivity contribution in [3.05, 3.63) is 138 Å². The zero-order valence-electron chi connectivity index (χ0n) is 17.4. The summed E-state index contributed by atoms with van der Waals surface area (Å²) >= 11 is 0. The van der Waals surface area contributed by atoms with E-state index in [2.05, 4.69) is 108 Å². The summed E-state index contributed by atoms with van der Waals surface area (Å²) in [5.74, 6) is 0. The van der Waals surface area contributed by atoms with Gasteiger partial charge in [-0.15, -0.1) is 0 Å². The minimum atomic E-state index is -0.491. The smallest absolute Gasteiger partial charge is 0.0906 e. The van der Waals surface area contributed by atoms with Crippen LogP contribution in [0.3, 0.4) is 0 Å². The maximum Gasteiger partial charge on any atom is 0.0906 e. The zero-order chi connectivity index (χ0) is 21.1. The molecule has 2 heteroatoms. The maximum absolute atomic E-state index is 4.95. The molecule has 0 spiro atoms. The van der Waals surface area contributed by atoms with Crippen LogP contribution in [-0.2, 0) is 5.41 Å². The van der Waals surface area contributed by atoms with Crippen molar-refractivity contribution in [2.24, 2.45) is 0 Å². The Bertz CT molecular complexity index is 1570. The number of aromatic nitrogens is 2. The van der Waals surface area contributed by atoms with E-state index < -0.39 is 5.41 Å². The second kappa shape index (κ2) is 6.41. The first-order valence-electron chi connectivity index (χ1n) is 11.0. The SMILES string of the molecule is c1ccc(C2(c3ccccn3)c3ccccc3-c3ccc4c([nH]c5ccccc54)c32)cc1. The van der Waals surface area contributed by atoms with Crippen molar-refractivity contribution < 1.29 is 0 Å². The average Bonchev–Trinajstić information content (AvgIpc) is 3.39. The second-order valence-corrected chi connectivity index (χ2v) is 8.46. The van der Waals surface area contributed by atoms with E-state index in [1.54, 1.807) is 0 Å². The Hall–Kier alpha value is -4.17. The Morgan fingerprint density at radius 3 is 2.25 bits per heavy atom. The van der Waals surface area contributed by atoms with Crippen LogP contribution >= 0.6 is 0 Å². The lowest BCUT2D eigenvalue weighted by atomic mass is 9.69. The van der Waals surface area contributed by atoms with Gasteiger partial charge in [-0.05, 0) is 40.5 Å². The summed E-state index contributed by atoms with van der Waals surface area (Å²) in [7, 11) is 0. The molecule has 2 aromatic heterocycles. The standard InChI is InChI=1S/C30H20N2/c1-2-10-20(11-3-1)30(27-16-8-9-19-31-27)25-14-6-4-12-21(25)23-17-18-24-22-13-5-7-15-26(22)32-29(24)28(23)30/h1-19,32H. The van der Waals surface area contributed by atoms with Gasteiger partial charge in [0.2, 0.25) is 0 Å². The number of fused-ring (bicyclic) bond motifs is 7. The minimum Gasteiger partial charge on any atom is -0.354 e. The molecule has 0 fully saturated rings. The molecule has 2 heterocycles. The van der Waals surface area contributed by atoms with Crippen molar-refractivity contribution in [1.82, 2.24) is 9.97 Å². The first-order valence-corrected chi connectivity index (χ1v) is 11.0. The third-order valence-electron chi connectivity index (χ3n) is 6.93. The highest BCUT2D eigenvalue weighted by Crippen LogP contribution is 2.57. The van der Waals surface area contributed by atoms with Crippen molar-refractivity contribution in [2.75, 3.05) is 0 Å². The number of rotatable bonds is 2. The highest BCUT2D eigenvalue weighted by molar-refractivity contribution is 6.11. The number of para-hydroxylation sites is 1. The first kappa shape index (κ1) is 17.5. The monoisotopic (exact) mass is 408 g/mol. The molecule has 1 unspecified atom stereocenters. The number of aromatic amines is 1. The van der Waals surface area contributed by atoms with E-state index in [-0.39, 0.29) is 0 Å². The van der Waals surface area contributed by atoms with E-state index in [1.165, 1.54) is 44.1 Å². The quantitative estimate of drug-likeness (QED) is 0.325. The second-order valence-electron chi connectivity index (χ2n) is 8.46. The molecule has 6 aromatic rings. The van der Waals surface area contributed by atoms with E-state index in [0.717, 1.165) is 11.2 Å². The van der Waals surface area contributed by atoms with Gasteiger partial charge in [0.1, 0.15) is 0 Å². The van der Waals surface area contributed by atoms with Crippen molar-refractivity contribution in [2.45, 2.75) is 5.41 Å². The van der Waals surface area contributed by atoms with Gasteiger partial charge in [0.05, 0.1) is 16.6 Å². The lowest BCUT2D eigenvalue weighted by molar-refractivity contribution is 0.739. The van der Waals surface area contributed by atoms with Crippen LogP contribution < -0.4 is 0 Å². The van der Waals surface area contributed by atoms with E-state index in [4.69, 9.17) is 4.98 Å². The third-order valence-corrected chi connectivity index (χ3v) is 6.93. The van der Waals surface area contributed by atoms with Gasteiger partial charge in [-0.2, -0.15) is 0 Å². The van der Waals surface area contributed by atoms with Crippen LogP contribution in [0.4, 0.5) is 0 Å². The molecule has 150 valence electrons. The van der Waals surface area contributed by atoms with Crippen molar-refractivity contribution in [3.63, 3.8) is 0 Å². The van der Waals surface area contributed by atoms with Gasteiger partial charge in [-0.1, -0.05) is 91.0 Å². The molecule has 4 aromatic carbocycles. The Morgan fingerprint density at radius 2 is 1.38 bits per heavy atom. The fourth-order valence-electron chi connectivity index (χ4n) is 5.70. The number of hydrogen-bond donors (Lipinski definition) is 1. The Morgan fingerprint density at radius 1 is 0.594 bits per heavy atom. The maximum atomic E-state index is 4.95. The molecule has 2 nitrogen and oxygen atoms in total. The third kappa shape index (κ3) is 2.11. The highest BCUT2D eigenvalue weighted by atomic mass is 14.8. The molecule has 0 amide bonds. The number of H-pyrrole nitrogens is 1. The van der Waals surface area contributed by atoms with Gasteiger partial charge < -0.3 is 4.98 Å². The normalized spacial score (nSPS) is 16.9. The van der Waals surface area contributed by atoms with Crippen molar-refractivity contribution in [3.8, 4) is 11.1 Å². The lowest BCUT2D eigenvalue weighted by Crippen LogP contribution is -2.30. The van der Waals surface area contributed by atoms with Crippen LogP contribution in [0.1, 0.15) is 22.4 Å². The topological polar surface area (TPSA) is 28.7 Å². The van der Waals surface area contributed by atoms with Crippen LogP contribution in [0.15, 0.2) is 115 Å². The molecule has 0 radical (unpaired) electrons. The van der Waals surface area contributed by atoms with E-state index in [1.807, 2.05) is 12.3 Å². The van der Waals surface area contributed by atoms with E-state index >= 15 is 0 Å². The summed E-state index contributed by atoms with van der Waals surface area (Å²) in [5.41, 5.74) is 9.26. The largest absolute Gasteiger partial charge is 0.354 e. The molecule has 0 saturated heterocycles. The van der Waals surface area contributed by atoms with Gasteiger partial charge in [0.25, 0.3) is 0 Å². The molecule has 0 bridgehead atoms. The summed E-state index contributed by atoms with van der Waals surface area (Å²) in [5, 5.41) is 2.51. The fourth-order valence-corrected chi connectivity index (χ4v) is 5.70. The summed E-state index contributed by atoms with van der Waals surface area (Å²) in [6.45, 7) is 0. The molecule has 32 heavy (non-hydrogen) atoms. The Kier molecular flexibility index (Phi) is 3.51. The van der Waals surface area contributed by atoms with Gasteiger partial charge in [-0.25, -0.2) is 0 Å². The number of pyridine rings is 1. The summed E-state index contributed by atoms with van der Waals surface area (Å²) in [6.07, 6.45) is 1.91. The van der Waals surface area contributed by atoms with E-state index in [0.29, 0.717) is 0 Å². The summed E-state index contributed by atoms with van der Waals surface area (Å²) in [4.78, 5) is 8.73. The molecule has 1 N–H and O–H groups in total. The molecule has 0 saturated carbocycles. The van der Waals surface area contributed by atoms with Crippen LogP contribution in [0.2, 0.25) is 0 Å². The minimum absolute atomic E-state index is 0.491. The van der Waals surface area contributed by atoms with E-state index in [9.17, 15) is 0 Å². The fraction of sp³-hybridized carbons (Fsp3) is 0.0333. The van der Waals surface area contributed by atoms with Gasteiger partial charge in [0, 0.05) is 28.0 Å². The molecule has 0 aliphatic heterocycles. The predicted molar refractivity (Wildman–Crippen MR) is 131 cm³/mol. The number of benzene rings is 4. The molecule has 7 rings (SSSR count). The van der Waals surface area contributed by atoms with Crippen LogP contribution in [0.25, 0.3) is 32.9 Å². The first-order chi connectivity index (χ1) is 15.9. The average molecular weight is 409 g/mol. The number of nitrogens with zero attached hydrogens (tertiary/aromatic N) is 1. The van der Waals surface area contributed by atoms with Gasteiger partial charge >= 0.3 is 0 Å². The molecule has 1 aliphatic rings. The zero-order valence-corrected chi connectivity index (χ0v) is 17.4. The van der Waals surface area contributed by atoms with Gasteiger partial charge in [-0.3, -0.25) is 4.98 Å². The lowest BCUT2D eigenvalue weighted by Gasteiger charge is -2.32. The molecular formula is C30H20N2. The summed E-state index contributed by atoms with van der Waals surface area (Å²) in [6, 6.07) is 39.0.